The van der Waals surface area contributed by atoms with Crippen molar-refractivity contribution in [1.82, 2.24) is 0 Å². The molecule has 1 aliphatic carbocycles. The fraction of sp³-hybridized carbons (Fsp3) is 0.909. The van der Waals surface area contributed by atoms with Crippen LogP contribution in [0.2, 0.25) is 0 Å². The van der Waals surface area contributed by atoms with Crippen molar-refractivity contribution in [2.75, 3.05) is 0 Å². The Morgan fingerprint density at radius 1 is 1.57 bits per heavy atom. The zero-order valence-corrected chi connectivity index (χ0v) is 9.03. The molecular formula is C11H20O3. The lowest BCUT2D eigenvalue weighted by Crippen LogP contribution is -2.31. The predicted molar refractivity (Wildman–Crippen MR) is 54.2 cm³/mol. The third-order valence-corrected chi connectivity index (χ3v) is 2.89. The molecule has 1 rings (SSSR count). The normalized spacial score (nSPS) is 29.9. The van der Waals surface area contributed by atoms with Gasteiger partial charge >= 0.3 is 5.97 Å². The molecule has 0 aliphatic heterocycles. The highest BCUT2D eigenvalue weighted by Gasteiger charge is 2.25. The number of carboxylic acids is 1. The molecule has 1 aliphatic rings. The maximum atomic E-state index is 10.8. The van der Waals surface area contributed by atoms with Crippen molar-refractivity contribution in [3.63, 3.8) is 0 Å². The van der Waals surface area contributed by atoms with Crippen molar-refractivity contribution in [1.29, 1.82) is 0 Å². The molecule has 1 saturated carbocycles. The topological polar surface area (TPSA) is 46.5 Å². The van der Waals surface area contributed by atoms with Gasteiger partial charge in [0, 0.05) is 0 Å². The summed E-state index contributed by atoms with van der Waals surface area (Å²) in [5.41, 5.74) is 0. The van der Waals surface area contributed by atoms with E-state index in [0.29, 0.717) is 12.3 Å². The third kappa shape index (κ3) is 3.29. The molecule has 1 fully saturated rings. The average molecular weight is 200 g/mol. The summed E-state index contributed by atoms with van der Waals surface area (Å²) in [7, 11) is 0. The Morgan fingerprint density at radius 3 is 2.79 bits per heavy atom. The Morgan fingerprint density at radius 2 is 2.29 bits per heavy atom. The molecule has 0 radical (unpaired) electrons. The summed E-state index contributed by atoms with van der Waals surface area (Å²) in [5.74, 6) is -0.147. The second kappa shape index (κ2) is 5.35. The highest BCUT2D eigenvalue weighted by atomic mass is 16.5. The van der Waals surface area contributed by atoms with Gasteiger partial charge in [0.05, 0.1) is 6.10 Å². The van der Waals surface area contributed by atoms with Crippen LogP contribution in [0.3, 0.4) is 0 Å². The minimum absolute atomic E-state index is 0.166. The fourth-order valence-corrected chi connectivity index (χ4v) is 2.06. The molecule has 0 aromatic rings. The number of carbonyl (C=O) groups is 1. The molecule has 3 nitrogen and oxygen atoms in total. The van der Waals surface area contributed by atoms with Gasteiger partial charge in [0.25, 0.3) is 0 Å². The van der Waals surface area contributed by atoms with E-state index in [4.69, 9.17) is 9.84 Å². The first-order chi connectivity index (χ1) is 6.63. The maximum absolute atomic E-state index is 10.8. The fourth-order valence-electron chi connectivity index (χ4n) is 2.06. The minimum atomic E-state index is -0.828. The highest BCUT2D eigenvalue weighted by molar-refractivity contribution is 5.72. The van der Waals surface area contributed by atoms with E-state index in [0.717, 1.165) is 12.8 Å². The number of carboxylic acid groups (broad SMARTS) is 1. The number of rotatable bonds is 4. The zero-order chi connectivity index (χ0) is 10.6. The van der Waals surface area contributed by atoms with Gasteiger partial charge in [0.1, 0.15) is 0 Å². The maximum Gasteiger partial charge on any atom is 0.332 e. The summed E-state index contributed by atoms with van der Waals surface area (Å²) in [4.78, 5) is 10.8. The molecule has 1 N–H and O–H groups in total. The second-order valence-electron chi connectivity index (χ2n) is 4.26. The van der Waals surface area contributed by atoms with Gasteiger partial charge in [0.2, 0.25) is 0 Å². The summed E-state index contributed by atoms with van der Waals surface area (Å²) < 4.78 is 5.57. The van der Waals surface area contributed by atoms with Gasteiger partial charge in [0.15, 0.2) is 6.10 Å². The first-order valence-corrected chi connectivity index (χ1v) is 5.51. The smallest absolute Gasteiger partial charge is 0.332 e. The van der Waals surface area contributed by atoms with E-state index in [1.807, 2.05) is 6.92 Å². The van der Waals surface area contributed by atoms with E-state index in [1.165, 1.54) is 12.8 Å². The lowest BCUT2D eigenvalue weighted by molar-refractivity contribution is -0.156. The molecule has 0 unspecified atom stereocenters. The van der Waals surface area contributed by atoms with Crippen LogP contribution >= 0.6 is 0 Å². The summed E-state index contributed by atoms with van der Waals surface area (Å²) in [6, 6.07) is 0. The van der Waals surface area contributed by atoms with Crippen LogP contribution in [0.5, 0.6) is 0 Å². The van der Waals surface area contributed by atoms with E-state index in [2.05, 4.69) is 6.92 Å². The SMILES string of the molecule is CC[C@H](O[C@@H]1CCC[C@@H](C)C1)C(=O)O. The largest absolute Gasteiger partial charge is 0.479 e. The zero-order valence-electron chi connectivity index (χ0n) is 9.03. The highest BCUT2D eigenvalue weighted by Crippen LogP contribution is 2.26. The van der Waals surface area contributed by atoms with Crippen molar-refractivity contribution in [3.8, 4) is 0 Å². The molecule has 0 aromatic heterocycles. The molecule has 0 saturated heterocycles. The molecule has 3 atom stereocenters. The van der Waals surface area contributed by atoms with Crippen LogP contribution in [0.4, 0.5) is 0 Å². The predicted octanol–water partition coefficient (Wildman–Crippen LogP) is 2.44. The summed E-state index contributed by atoms with van der Waals surface area (Å²) in [6.45, 7) is 4.06. The standard InChI is InChI=1S/C11H20O3/c1-3-10(11(12)13)14-9-6-4-5-8(2)7-9/h8-10H,3-7H2,1-2H3,(H,12,13)/t8-,9-,10+/m1/s1. The minimum Gasteiger partial charge on any atom is -0.479 e. The van der Waals surface area contributed by atoms with Crippen molar-refractivity contribution in [2.24, 2.45) is 5.92 Å². The van der Waals surface area contributed by atoms with Gasteiger partial charge in [-0.3, -0.25) is 0 Å². The van der Waals surface area contributed by atoms with Crippen LogP contribution in [0.25, 0.3) is 0 Å². The average Bonchev–Trinajstić information content (AvgIpc) is 2.14. The Hall–Kier alpha value is -0.570. The molecule has 3 heteroatoms. The molecule has 0 heterocycles. The van der Waals surface area contributed by atoms with Gasteiger partial charge < -0.3 is 9.84 Å². The van der Waals surface area contributed by atoms with E-state index in [9.17, 15) is 4.79 Å². The van der Waals surface area contributed by atoms with Crippen molar-refractivity contribution in [3.05, 3.63) is 0 Å². The molecule has 14 heavy (non-hydrogen) atoms. The number of aliphatic carboxylic acids is 1. The summed E-state index contributed by atoms with van der Waals surface area (Å²) in [6.07, 6.45) is 4.58. The monoisotopic (exact) mass is 200 g/mol. The number of hydrogen-bond donors (Lipinski definition) is 1. The third-order valence-electron chi connectivity index (χ3n) is 2.89. The van der Waals surface area contributed by atoms with Crippen LogP contribution in [0.1, 0.15) is 46.0 Å². The van der Waals surface area contributed by atoms with Crippen molar-refractivity contribution in [2.45, 2.75) is 58.2 Å². The van der Waals surface area contributed by atoms with Crippen LogP contribution < -0.4 is 0 Å². The van der Waals surface area contributed by atoms with E-state index in [-0.39, 0.29) is 6.10 Å². The summed E-state index contributed by atoms with van der Waals surface area (Å²) in [5, 5.41) is 8.84. The Kier molecular flexibility index (Phi) is 4.39. The lowest BCUT2D eigenvalue weighted by Gasteiger charge is -2.28. The van der Waals surface area contributed by atoms with Gasteiger partial charge in [-0.1, -0.05) is 26.7 Å². The second-order valence-corrected chi connectivity index (χ2v) is 4.26. The van der Waals surface area contributed by atoms with Gasteiger partial charge in [-0.05, 0) is 25.2 Å². The molecule has 82 valence electrons. The van der Waals surface area contributed by atoms with E-state index < -0.39 is 12.1 Å². The van der Waals surface area contributed by atoms with Crippen LogP contribution in [0, 0.1) is 5.92 Å². The van der Waals surface area contributed by atoms with Crippen LogP contribution in [0.15, 0.2) is 0 Å². The first-order valence-electron chi connectivity index (χ1n) is 5.51. The van der Waals surface area contributed by atoms with Crippen molar-refractivity contribution < 1.29 is 14.6 Å². The van der Waals surface area contributed by atoms with Crippen LogP contribution in [-0.2, 0) is 9.53 Å². The van der Waals surface area contributed by atoms with Gasteiger partial charge in [-0.25, -0.2) is 4.79 Å². The summed E-state index contributed by atoms with van der Waals surface area (Å²) >= 11 is 0. The molecule has 0 bridgehead atoms. The van der Waals surface area contributed by atoms with Crippen molar-refractivity contribution >= 4 is 5.97 Å². The quantitative estimate of drug-likeness (QED) is 0.758. The van der Waals surface area contributed by atoms with E-state index >= 15 is 0 Å². The molecular weight excluding hydrogens is 180 g/mol. The Balaban J connectivity index is 2.37. The number of ether oxygens (including phenoxy) is 1. The first kappa shape index (κ1) is 11.5. The molecule has 0 amide bonds. The number of hydrogen-bond acceptors (Lipinski definition) is 2. The lowest BCUT2D eigenvalue weighted by atomic mass is 9.88. The Labute approximate surface area is 85.5 Å². The van der Waals surface area contributed by atoms with Crippen LogP contribution in [-0.4, -0.2) is 23.3 Å². The van der Waals surface area contributed by atoms with Gasteiger partial charge in [-0.15, -0.1) is 0 Å². The Bertz CT molecular complexity index is 191. The molecule has 0 aromatic carbocycles. The van der Waals surface area contributed by atoms with E-state index in [1.54, 1.807) is 0 Å². The molecule has 0 spiro atoms. The van der Waals surface area contributed by atoms with Gasteiger partial charge in [-0.2, -0.15) is 0 Å².